The van der Waals surface area contributed by atoms with E-state index in [4.69, 9.17) is 0 Å². The van der Waals surface area contributed by atoms with E-state index in [2.05, 4.69) is 42.2 Å². The SMILES string of the molecule is O=C(C[NH+]1CCN(C(=O)c2ccccc2)CC1)Nc1ncc(Br)cc1Br. The molecule has 6 nitrogen and oxygen atoms in total. The smallest absolute Gasteiger partial charge is 0.280 e. The van der Waals surface area contributed by atoms with Gasteiger partial charge >= 0.3 is 0 Å². The van der Waals surface area contributed by atoms with E-state index in [1.165, 1.54) is 0 Å². The van der Waals surface area contributed by atoms with Crippen LogP contribution in [0.4, 0.5) is 5.82 Å². The van der Waals surface area contributed by atoms with Crippen LogP contribution in [-0.2, 0) is 4.79 Å². The number of nitrogens with zero attached hydrogens (tertiary/aromatic N) is 2. The molecule has 26 heavy (non-hydrogen) atoms. The maximum atomic E-state index is 12.5. The number of quaternary nitrogens is 1. The first-order valence-corrected chi connectivity index (χ1v) is 9.90. The van der Waals surface area contributed by atoms with Gasteiger partial charge < -0.3 is 15.1 Å². The van der Waals surface area contributed by atoms with E-state index in [1.807, 2.05) is 41.3 Å². The van der Waals surface area contributed by atoms with E-state index in [-0.39, 0.29) is 11.8 Å². The van der Waals surface area contributed by atoms with Gasteiger partial charge in [-0.25, -0.2) is 4.98 Å². The van der Waals surface area contributed by atoms with Crippen LogP contribution in [0.1, 0.15) is 10.4 Å². The third kappa shape index (κ3) is 4.90. The molecule has 0 bridgehead atoms. The van der Waals surface area contributed by atoms with Gasteiger partial charge in [-0.3, -0.25) is 9.59 Å². The highest BCUT2D eigenvalue weighted by Gasteiger charge is 2.26. The molecule has 0 spiro atoms. The zero-order chi connectivity index (χ0) is 18.5. The zero-order valence-electron chi connectivity index (χ0n) is 14.0. The number of carbonyl (C=O) groups excluding carboxylic acids is 2. The molecule has 0 atom stereocenters. The maximum Gasteiger partial charge on any atom is 0.280 e. The number of carbonyl (C=O) groups is 2. The molecular formula is C18H19Br2N4O2+. The second kappa shape index (κ2) is 8.75. The predicted molar refractivity (Wildman–Crippen MR) is 106 cm³/mol. The van der Waals surface area contributed by atoms with Crippen LogP contribution in [0, 0.1) is 0 Å². The minimum atomic E-state index is -0.0849. The molecule has 1 fully saturated rings. The predicted octanol–water partition coefficient (Wildman–Crippen LogP) is 1.59. The Labute approximate surface area is 168 Å². The number of nitrogens with one attached hydrogen (secondary N) is 2. The molecule has 3 rings (SSSR count). The van der Waals surface area contributed by atoms with Gasteiger partial charge in [-0.15, -0.1) is 0 Å². The van der Waals surface area contributed by atoms with Gasteiger partial charge in [0.1, 0.15) is 5.82 Å². The summed E-state index contributed by atoms with van der Waals surface area (Å²) in [6, 6.07) is 11.1. The first kappa shape index (κ1) is 19.0. The van der Waals surface area contributed by atoms with Crippen molar-refractivity contribution in [1.29, 1.82) is 0 Å². The summed E-state index contributed by atoms with van der Waals surface area (Å²) >= 11 is 6.72. The molecule has 1 aromatic carbocycles. The minimum absolute atomic E-state index is 0.0529. The number of anilines is 1. The molecule has 0 radical (unpaired) electrons. The lowest BCUT2D eigenvalue weighted by molar-refractivity contribution is -0.895. The Kier molecular flexibility index (Phi) is 6.39. The fourth-order valence-corrected chi connectivity index (χ4v) is 3.96. The molecule has 0 saturated carbocycles. The summed E-state index contributed by atoms with van der Waals surface area (Å²) in [5.74, 6) is 0.478. The highest BCUT2D eigenvalue weighted by Crippen LogP contribution is 2.23. The van der Waals surface area contributed by atoms with E-state index in [1.54, 1.807) is 6.20 Å². The van der Waals surface area contributed by atoms with Crippen LogP contribution in [0.25, 0.3) is 0 Å². The van der Waals surface area contributed by atoms with E-state index in [9.17, 15) is 9.59 Å². The van der Waals surface area contributed by atoms with Crippen molar-refractivity contribution in [2.24, 2.45) is 0 Å². The fourth-order valence-electron chi connectivity index (χ4n) is 2.88. The second-order valence-corrected chi connectivity index (χ2v) is 7.89. The number of hydrogen-bond acceptors (Lipinski definition) is 3. The lowest BCUT2D eigenvalue weighted by atomic mass is 10.2. The lowest BCUT2D eigenvalue weighted by Gasteiger charge is -2.31. The molecule has 0 unspecified atom stereocenters. The molecule has 8 heteroatoms. The van der Waals surface area contributed by atoms with Crippen molar-refractivity contribution in [1.82, 2.24) is 9.88 Å². The van der Waals surface area contributed by atoms with Crippen molar-refractivity contribution in [3.05, 3.63) is 57.1 Å². The fraction of sp³-hybridized carbons (Fsp3) is 0.278. The molecule has 0 aliphatic carbocycles. The Morgan fingerprint density at radius 2 is 1.85 bits per heavy atom. The average Bonchev–Trinajstić information content (AvgIpc) is 2.65. The largest absolute Gasteiger partial charge is 0.327 e. The standard InChI is InChI=1S/C18H18Br2N4O2/c19-14-10-15(20)17(21-11-14)22-16(25)12-23-6-8-24(9-7-23)18(26)13-4-2-1-3-5-13/h1-5,10-11H,6-9,12H2,(H,21,22,25)/p+1. The number of rotatable bonds is 4. The Morgan fingerprint density at radius 1 is 1.15 bits per heavy atom. The molecule has 1 aliphatic rings. The minimum Gasteiger partial charge on any atom is -0.327 e. The van der Waals surface area contributed by atoms with Crippen LogP contribution in [-0.4, -0.2) is 54.4 Å². The van der Waals surface area contributed by atoms with Crippen molar-refractivity contribution in [3.8, 4) is 0 Å². The summed E-state index contributed by atoms with van der Waals surface area (Å²) in [5.41, 5.74) is 0.708. The summed E-state index contributed by atoms with van der Waals surface area (Å²) in [5, 5.41) is 2.83. The Hall–Kier alpha value is -1.77. The molecule has 1 aromatic heterocycles. The number of pyridine rings is 1. The van der Waals surface area contributed by atoms with Crippen LogP contribution < -0.4 is 10.2 Å². The van der Waals surface area contributed by atoms with Crippen LogP contribution >= 0.6 is 31.9 Å². The van der Waals surface area contributed by atoms with Gasteiger partial charge in [0.2, 0.25) is 0 Å². The molecule has 2 heterocycles. The molecule has 2 aromatic rings. The monoisotopic (exact) mass is 481 g/mol. The number of halogens is 2. The summed E-state index contributed by atoms with van der Waals surface area (Å²) in [6.45, 7) is 3.16. The van der Waals surface area contributed by atoms with E-state index >= 15 is 0 Å². The number of piperazine rings is 1. The van der Waals surface area contributed by atoms with Crippen LogP contribution in [0.3, 0.4) is 0 Å². The van der Waals surface area contributed by atoms with E-state index < -0.39 is 0 Å². The summed E-state index contributed by atoms with van der Waals surface area (Å²) in [4.78, 5) is 31.9. The molecule has 2 amide bonds. The Morgan fingerprint density at radius 3 is 2.50 bits per heavy atom. The van der Waals surface area contributed by atoms with Crippen LogP contribution in [0.5, 0.6) is 0 Å². The quantitative estimate of drug-likeness (QED) is 0.695. The second-order valence-electron chi connectivity index (χ2n) is 6.12. The Bertz CT molecular complexity index is 793. The zero-order valence-corrected chi connectivity index (χ0v) is 17.2. The first-order valence-electron chi connectivity index (χ1n) is 8.32. The molecule has 1 aliphatic heterocycles. The number of benzene rings is 1. The van der Waals surface area contributed by atoms with Crippen molar-refractivity contribution in [3.63, 3.8) is 0 Å². The highest BCUT2D eigenvalue weighted by molar-refractivity contribution is 9.11. The average molecular weight is 483 g/mol. The summed E-state index contributed by atoms with van der Waals surface area (Å²) in [7, 11) is 0. The first-order chi connectivity index (χ1) is 12.5. The van der Waals surface area contributed by atoms with Crippen molar-refractivity contribution in [2.75, 3.05) is 38.0 Å². The molecule has 2 N–H and O–H groups in total. The van der Waals surface area contributed by atoms with Crippen LogP contribution in [0.15, 0.2) is 51.5 Å². The molecular weight excluding hydrogens is 464 g/mol. The van der Waals surface area contributed by atoms with E-state index in [0.717, 1.165) is 26.9 Å². The van der Waals surface area contributed by atoms with Crippen molar-refractivity contribution in [2.45, 2.75) is 0 Å². The van der Waals surface area contributed by atoms with Gasteiger partial charge in [-0.1, -0.05) is 18.2 Å². The maximum absolute atomic E-state index is 12.5. The topological polar surface area (TPSA) is 66.7 Å². The Balaban J connectivity index is 1.49. The third-order valence-corrected chi connectivity index (χ3v) is 5.29. The van der Waals surface area contributed by atoms with Gasteiger partial charge in [0, 0.05) is 16.2 Å². The summed E-state index contributed by atoms with van der Waals surface area (Å²) in [6.07, 6.45) is 1.64. The summed E-state index contributed by atoms with van der Waals surface area (Å²) < 4.78 is 1.57. The van der Waals surface area contributed by atoms with Crippen molar-refractivity contribution < 1.29 is 14.5 Å². The highest BCUT2D eigenvalue weighted by atomic mass is 79.9. The van der Waals surface area contributed by atoms with Gasteiger partial charge in [0.25, 0.3) is 11.8 Å². The number of amides is 2. The van der Waals surface area contributed by atoms with Gasteiger partial charge in [-0.2, -0.15) is 0 Å². The van der Waals surface area contributed by atoms with Gasteiger partial charge in [0.15, 0.2) is 6.54 Å². The van der Waals surface area contributed by atoms with Gasteiger partial charge in [0.05, 0.1) is 30.7 Å². The lowest BCUT2D eigenvalue weighted by Crippen LogP contribution is -3.15. The normalized spacial score (nSPS) is 14.9. The van der Waals surface area contributed by atoms with Gasteiger partial charge in [-0.05, 0) is 50.1 Å². The number of hydrogen-bond donors (Lipinski definition) is 2. The molecule has 136 valence electrons. The number of aromatic nitrogens is 1. The van der Waals surface area contributed by atoms with Crippen LogP contribution in [0.2, 0.25) is 0 Å². The van der Waals surface area contributed by atoms with E-state index in [0.29, 0.717) is 31.0 Å². The third-order valence-electron chi connectivity index (χ3n) is 4.25. The molecule has 1 saturated heterocycles. The van der Waals surface area contributed by atoms with Crippen molar-refractivity contribution >= 4 is 49.5 Å².